The molecule has 0 unspecified atom stereocenters. The molecule has 0 N–H and O–H groups in total. The molecule has 0 saturated carbocycles. The Bertz CT molecular complexity index is 622. The molecule has 0 aliphatic rings. The standard InChI is InChI=1S/C12H11BrClN3/c1-3-5-6-17-8(4-2)10(13)9-11(14)15-7-16-12(9)17/h7H,4,6H2,1-2H3. The zero-order valence-corrected chi connectivity index (χ0v) is 11.9. The smallest absolute Gasteiger partial charge is 0.147 e. The minimum Gasteiger partial charge on any atom is -0.317 e. The van der Waals surface area contributed by atoms with E-state index >= 15 is 0 Å². The molecule has 17 heavy (non-hydrogen) atoms. The first kappa shape index (κ1) is 12.4. The zero-order chi connectivity index (χ0) is 12.4. The fourth-order valence-corrected chi connectivity index (χ4v) is 3.01. The van der Waals surface area contributed by atoms with E-state index in [0.717, 1.165) is 27.6 Å². The van der Waals surface area contributed by atoms with Crippen LogP contribution in [0.3, 0.4) is 0 Å². The molecule has 0 atom stereocenters. The molecule has 0 radical (unpaired) electrons. The van der Waals surface area contributed by atoms with E-state index in [1.807, 2.05) is 6.92 Å². The number of nitrogens with zero attached hydrogens (tertiary/aromatic N) is 3. The summed E-state index contributed by atoms with van der Waals surface area (Å²) in [6.45, 7) is 4.54. The average Bonchev–Trinajstić information content (AvgIpc) is 2.60. The molecule has 0 aromatic carbocycles. The quantitative estimate of drug-likeness (QED) is 0.628. The van der Waals surface area contributed by atoms with Gasteiger partial charge in [0.15, 0.2) is 0 Å². The highest BCUT2D eigenvalue weighted by molar-refractivity contribution is 9.10. The van der Waals surface area contributed by atoms with Gasteiger partial charge in [-0.3, -0.25) is 0 Å². The lowest BCUT2D eigenvalue weighted by molar-refractivity contribution is 0.796. The Morgan fingerprint density at radius 1 is 1.47 bits per heavy atom. The summed E-state index contributed by atoms with van der Waals surface area (Å²) in [7, 11) is 0. The third-order valence-electron chi connectivity index (χ3n) is 2.58. The van der Waals surface area contributed by atoms with Crippen molar-refractivity contribution in [1.82, 2.24) is 14.5 Å². The first-order valence-electron chi connectivity index (χ1n) is 5.27. The minimum atomic E-state index is 0.472. The molecule has 2 aromatic heterocycles. The molecule has 88 valence electrons. The fraction of sp³-hybridized carbons (Fsp3) is 0.333. The Balaban J connectivity index is 2.78. The molecule has 2 heterocycles. The van der Waals surface area contributed by atoms with E-state index in [4.69, 9.17) is 11.6 Å². The van der Waals surface area contributed by atoms with Crippen LogP contribution in [-0.2, 0) is 13.0 Å². The highest BCUT2D eigenvalue weighted by atomic mass is 79.9. The van der Waals surface area contributed by atoms with Crippen LogP contribution in [0.5, 0.6) is 0 Å². The van der Waals surface area contributed by atoms with Gasteiger partial charge >= 0.3 is 0 Å². The largest absolute Gasteiger partial charge is 0.317 e. The maximum absolute atomic E-state index is 6.11. The maximum atomic E-state index is 6.11. The Morgan fingerprint density at radius 3 is 2.88 bits per heavy atom. The highest BCUT2D eigenvalue weighted by Crippen LogP contribution is 2.33. The van der Waals surface area contributed by atoms with Crippen molar-refractivity contribution in [2.75, 3.05) is 0 Å². The number of aromatic nitrogens is 3. The van der Waals surface area contributed by atoms with Gasteiger partial charge in [0, 0.05) is 5.69 Å². The van der Waals surface area contributed by atoms with Gasteiger partial charge in [0.2, 0.25) is 0 Å². The first-order chi connectivity index (χ1) is 8.20. The molecule has 0 saturated heterocycles. The van der Waals surface area contributed by atoms with E-state index in [0.29, 0.717) is 11.7 Å². The van der Waals surface area contributed by atoms with Crippen molar-refractivity contribution in [2.24, 2.45) is 0 Å². The van der Waals surface area contributed by atoms with Gasteiger partial charge in [0.1, 0.15) is 17.1 Å². The predicted octanol–water partition coefficient (Wildman–Crippen LogP) is 3.43. The third-order valence-corrected chi connectivity index (χ3v) is 3.72. The van der Waals surface area contributed by atoms with Crippen LogP contribution in [0.25, 0.3) is 11.0 Å². The summed E-state index contributed by atoms with van der Waals surface area (Å²) in [6, 6.07) is 0. The van der Waals surface area contributed by atoms with Gasteiger partial charge in [0.05, 0.1) is 16.4 Å². The van der Waals surface area contributed by atoms with Gasteiger partial charge in [-0.2, -0.15) is 0 Å². The molecule has 0 fully saturated rings. The van der Waals surface area contributed by atoms with Crippen molar-refractivity contribution in [1.29, 1.82) is 0 Å². The van der Waals surface area contributed by atoms with Crippen LogP contribution in [0.15, 0.2) is 10.8 Å². The van der Waals surface area contributed by atoms with E-state index < -0.39 is 0 Å². The van der Waals surface area contributed by atoms with E-state index in [2.05, 4.69) is 49.2 Å². The molecule has 2 rings (SSSR count). The number of fused-ring (bicyclic) bond motifs is 1. The van der Waals surface area contributed by atoms with Gasteiger partial charge in [-0.15, -0.1) is 5.92 Å². The highest BCUT2D eigenvalue weighted by Gasteiger charge is 2.17. The summed E-state index contributed by atoms with van der Waals surface area (Å²) in [5.41, 5.74) is 1.97. The van der Waals surface area contributed by atoms with Crippen LogP contribution in [0, 0.1) is 11.8 Å². The topological polar surface area (TPSA) is 30.7 Å². The normalized spacial score (nSPS) is 10.4. The summed E-state index contributed by atoms with van der Waals surface area (Å²) in [4.78, 5) is 8.31. The van der Waals surface area contributed by atoms with Crippen LogP contribution >= 0.6 is 27.5 Å². The zero-order valence-electron chi connectivity index (χ0n) is 9.59. The van der Waals surface area contributed by atoms with Gasteiger partial charge in [0.25, 0.3) is 0 Å². The number of halogens is 2. The number of hydrogen-bond donors (Lipinski definition) is 0. The van der Waals surface area contributed by atoms with Crippen molar-refractivity contribution in [3.63, 3.8) is 0 Å². The molecule has 3 nitrogen and oxygen atoms in total. The Kier molecular flexibility index (Phi) is 3.70. The van der Waals surface area contributed by atoms with Crippen LogP contribution in [0.4, 0.5) is 0 Å². The molecule has 5 heteroatoms. The van der Waals surface area contributed by atoms with Crippen molar-refractivity contribution in [3.05, 3.63) is 21.6 Å². The molecule has 0 aliphatic heterocycles. The molecule has 2 aromatic rings. The lowest BCUT2D eigenvalue weighted by Gasteiger charge is -2.04. The summed E-state index contributed by atoms with van der Waals surface area (Å²) < 4.78 is 3.04. The van der Waals surface area contributed by atoms with Crippen LogP contribution < -0.4 is 0 Å². The molecule has 0 bridgehead atoms. The van der Waals surface area contributed by atoms with Gasteiger partial charge < -0.3 is 4.57 Å². The summed E-state index contributed by atoms with van der Waals surface area (Å²) in [5, 5.41) is 1.34. The lowest BCUT2D eigenvalue weighted by atomic mass is 10.3. The molecule has 0 amide bonds. The van der Waals surface area contributed by atoms with Gasteiger partial charge in [-0.05, 0) is 29.3 Å². The van der Waals surface area contributed by atoms with Crippen LogP contribution in [0.1, 0.15) is 19.5 Å². The van der Waals surface area contributed by atoms with E-state index in [-0.39, 0.29) is 0 Å². The summed E-state index contributed by atoms with van der Waals surface area (Å²) in [5.74, 6) is 5.95. The maximum Gasteiger partial charge on any atom is 0.147 e. The first-order valence-corrected chi connectivity index (χ1v) is 6.44. The predicted molar refractivity (Wildman–Crippen MR) is 73.1 cm³/mol. The number of hydrogen-bond acceptors (Lipinski definition) is 2. The fourth-order valence-electron chi connectivity index (χ4n) is 1.81. The van der Waals surface area contributed by atoms with Gasteiger partial charge in [-0.25, -0.2) is 9.97 Å². The van der Waals surface area contributed by atoms with Crippen LogP contribution in [-0.4, -0.2) is 14.5 Å². The summed E-state index contributed by atoms with van der Waals surface area (Å²) in [6.07, 6.45) is 2.37. The van der Waals surface area contributed by atoms with Crippen molar-refractivity contribution in [3.8, 4) is 11.8 Å². The summed E-state index contributed by atoms with van der Waals surface area (Å²) >= 11 is 9.68. The Morgan fingerprint density at radius 2 is 2.24 bits per heavy atom. The Labute approximate surface area is 113 Å². The molecular formula is C12H11BrClN3. The molecular weight excluding hydrogens is 302 g/mol. The van der Waals surface area contributed by atoms with Crippen molar-refractivity contribution < 1.29 is 0 Å². The van der Waals surface area contributed by atoms with E-state index in [9.17, 15) is 0 Å². The second-order valence-electron chi connectivity index (χ2n) is 3.49. The second-order valence-corrected chi connectivity index (χ2v) is 4.64. The third kappa shape index (κ3) is 2.05. The lowest BCUT2D eigenvalue weighted by Crippen LogP contribution is -2.02. The molecule has 0 aliphatic carbocycles. The average molecular weight is 313 g/mol. The second kappa shape index (κ2) is 5.07. The van der Waals surface area contributed by atoms with E-state index in [1.54, 1.807) is 0 Å². The number of rotatable bonds is 2. The minimum absolute atomic E-state index is 0.472. The SMILES string of the molecule is CC#CCn1c(CC)c(Br)c2c(Cl)ncnc21. The van der Waals surface area contributed by atoms with Crippen LogP contribution in [0.2, 0.25) is 5.15 Å². The Hall–Kier alpha value is -1.05. The van der Waals surface area contributed by atoms with Gasteiger partial charge in [-0.1, -0.05) is 24.4 Å². The molecule has 0 spiro atoms. The monoisotopic (exact) mass is 311 g/mol. The van der Waals surface area contributed by atoms with Crippen molar-refractivity contribution >= 4 is 38.6 Å². The van der Waals surface area contributed by atoms with E-state index in [1.165, 1.54) is 6.33 Å². The van der Waals surface area contributed by atoms with Crippen molar-refractivity contribution in [2.45, 2.75) is 26.8 Å².